The Balaban J connectivity index is 2.05. The maximum Gasteiger partial charge on any atom is 0.251 e. The summed E-state index contributed by atoms with van der Waals surface area (Å²) < 4.78 is 5.43. The molecule has 0 saturated heterocycles. The van der Waals surface area contributed by atoms with Gasteiger partial charge in [0.25, 0.3) is 5.91 Å². The van der Waals surface area contributed by atoms with Crippen molar-refractivity contribution in [2.24, 2.45) is 5.73 Å². The van der Waals surface area contributed by atoms with Crippen LogP contribution in [-0.2, 0) is 4.79 Å². The van der Waals surface area contributed by atoms with Crippen LogP contribution >= 0.6 is 0 Å². The first-order valence-corrected chi connectivity index (χ1v) is 5.18. The molecule has 0 aliphatic carbocycles. The summed E-state index contributed by atoms with van der Waals surface area (Å²) in [5, 5.41) is 1.48. The second-order valence-electron chi connectivity index (χ2n) is 3.89. The van der Waals surface area contributed by atoms with Crippen molar-refractivity contribution in [1.29, 1.82) is 0 Å². The molecule has 0 saturated carbocycles. The third-order valence-electron chi connectivity index (χ3n) is 2.58. The zero-order valence-corrected chi connectivity index (χ0v) is 9.36. The van der Waals surface area contributed by atoms with Gasteiger partial charge in [-0.05, 0) is 32.1 Å². The summed E-state index contributed by atoms with van der Waals surface area (Å²) in [5.41, 5.74) is 8.33. The summed E-state index contributed by atoms with van der Waals surface area (Å²) in [6.45, 7) is 4.17. The van der Waals surface area contributed by atoms with Crippen LogP contribution in [0.2, 0.25) is 0 Å². The van der Waals surface area contributed by atoms with Crippen LogP contribution in [0.25, 0.3) is 0 Å². The number of hydrogen-bond donors (Lipinski definition) is 2. The Kier molecular flexibility index (Phi) is 2.60. The average Bonchev–Trinajstić information content (AvgIpc) is 2.85. The molecule has 3 N–H and O–H groups in total. The van der Waals surface area contributed by atoms with Gasteiger partial charge in [0, 0.05) is 0 Å². The largest absolute Gasteiger partial charge is 0.466 e. The number of aryl methyl sites for hydroxylation is 1. The van der Waals surface area contributed by atoms with E-state index >= 15 is 0 Å². The topological polar surface area (TPSA) is 71.5 Å². The Morgan fingerprint density at radius 3 is 2.88 bits per heavy atom. The number of carbonyl (C=O) groups is 1. The van der Waals surface area contributed by atoms with Crippen LogP contribution in [0.4, 0.5) is 0 Å². The highest BCUT2D eigenvalue weighted by atomic mass is 16.3. The molecule has 1 aromatic rings. The Labute approximate surface area is 93.9 Å². The lowest BCUT2D eigenvalue weighted by molar-refractivity contribution is -0.134. The Morgan fingerprint density at radius 2 is 2.38 bits per heavy atom. The Hall–Kier alpha value is -1.91. The molecule has 1 aliphatic heterocycles. The van der Waals surface area contributed by atoms with E-state index in [4.69, 9.17) is 10.2 Å². The molecule has 16 heavy (non-hydrogen) atoms. The second-order valence-corrected chi connectivity index (χ2v) is 3.89. The van der Waals surface area contributed by atoms with E-state index in [0.29, 0.717) is 18.1 Å². The van der Waals surface area contributed by atoms with Gasteiger partial charge >= 0.3 is 0 Å². The number of nitrogens with one attached hydrogen (secondary N) is 1. The van der Waals surface area contributed by atoms with E-state index in [1.807, 2.05) is 26.0 Å². The highest BCUT2D eigenvalue weighted by Gasteiger charge is 2.26. The van der Waals surface area contributed by atoms with Crippen LogP contribution in [0.15, 0.2) is 28.4 Å². The van der Waals surface area contributed by atoms with E-state index in [1.54, 1.807) is 6.08 Å². The van der Waals surface area contributed by atoms with Gasteiger partial charge in [-0.2, -0.15) is 0 Å². The zero-order chi connectivity index (χ0) is 11.7. The van der Waals surface area contributed by atoms with Gasteiger partial charge in [0.2, 0.25) is 0 Å². The molecule has 1 aromatic heterocycles. The first-order valence-electron chi connectivity index (χ1n) is 5.18. The molecule has 0 fully saturated rings. The zero-order valence-electron chi connectivity index (χ0n) is 9.36. The van der Waals surface area contributed by atoms with Crippen LogP contribution in [0.1, 0.15) is 24.4 Å². The number of nitrogens with zero attached hydrogens (tertiary/aromatic N) is 1. The molecule has 1 atom stereocenters. The van der Waals surface area contributed by atoms with Crippen molar-refractivity contribution in [2.75, 3.05) is 6.54 Å². The summed E-state index contributed by atoms with van der Waals surface area (Å²) >= 11 is 0. The quantitative estimate of drug-likeness (QED) is 0.776. The van der Waals surface area contributed by atoms with Gasteiger partial charge in [0.15, 0.2) is 0 Å². The van der Waals surface area contributed by atoms with Crippen LogP contribution in [0.5, 0.6) is 0 Å². The molecule has 86 valence electrons. The molecule has 1 aliphatic rings. The van der Waals surface area contributed by atoms with Gasteiger partial charge in [-0.25, -0.2) is 0 Å². The van der Waals surface area contributed by atoms with Crippen molar-refractivity contribution in [3.05, 3.63) is 35.6 Å². The minimum atomic E-state index is -0.305. The summed E-state index contributed by atoms with van der Waals surface area (Å²) in [4.78, 5) is 12.0. The SMILES string of the molecule is Cc1ccc(C(C)C(=O)N2CC=C(N)N2)o1. The summed E-state index contributed by atoms with van der Waals surface area (Å²) in [7, 11) is 0. The molecule has 5 nitrogen and oxygen atoms in total. The van der Waals surface area contributed by atoms with Crippen molar-refractivity contribution < 1.29 is 9.21 Å². The third-order valence-corrected chi connectivity index (χ3v) is 2.58. The fourth-order valence-corrected chi connectivity index (χ4v) is 1.62. The summed E-state index contributed by atoms with van der Waals surface area (Å²) in [6.07, 6.45) is 1.76. The predicted octanol–water partition coefficient (Wildman–Crippen LogP) is 0.838. The van der Waals surface area contributed by atoms with Crippen LogP contribution in [-0.4, -0.2) is 17.5 Å². The highest BCUT2D eigenvalue weighted by molar-refractivity contribution is 5.82. The van der Waals surface area contributed by atoms with Crippen molar-refractivity contribution >= 4 is 5.91 Å². The predicted molar refractivity (Wildman–Crippen MR) is 59.0 cm³/mol. The summed E-state index contributed by atoms with van der Waals surface area (Å²) in [6, 6.07) is 3.67. The number of hydrazine groups is 1. The van der Waals surface area contributed by atoms with Crippen molar-refractivity contribution in [2.45, 2.75) is 19.8 Å². The molecule has 0 spiro atoms. The molecule has 2 rings (SSSR count). The molecular formula is C11H15N3O2. The van der Waals surface area contributed by atoms with E-state index in [0.717, 1.165) is 5.76 Å². The van der Waals surface area contributed by atoms with Gasteiger partial charge in [0.1, 0.15) is 17.3 Å². The highest BCUT2D eigenvalue weighted by Crippen LogP contribution is 2.20. The molecule has 5 heteroatoms. The van der Waals surface area contributed by atoms with Crippen molar-refractivity contribution in [3.63, 3.8) is 0 Å². The summed E-state index contributed by atoms with van der Waals surface area (Å²) in [5.74, 6) is 1.64. The van der Waals surface area contributed by atoms with E-state index in [9.17, 15) is 4.79 Å². The first-order chi connectivity index (χ1) is 7.58. The molecular weight excluding hydrogens is 206 g/mol. The molecule has 0 radical (unpaired) electrons. The lowest BCUT2D eigenvalue weighted by atomic mass is 10.1. The van der Waals surface area contributed by atoms with E-state index in [1.165, 1.54) is 5.01 Å². The van der Waals surface area contributed by atoms with Crippen molar-refractivity contribution in [1.82, 2.24) is 10.4 Å². The second kappa shape index (κ2) is 3.92. The minimum absolute atomic E-state index is 0.0500. The molecule has 0 bridgehead atoms. The van der Waals surface area contributed by atoms with Gasteiger partial charge in [-0.3, -0.25) is 15.2 Å². The van der Waals surface area contributed by atoms with Gasteiger partial charge in [0.05, 0.1) is 12.5 Å². The van der Waals surface area contributed by atoms with Gasteiger partial charge in [-0.1, -0.05) is 0 Å². The standard InChI is InChI=1S/C11H15N3O2/c1-7-3-4-9(16-7)8(2)11(15)14-6-5-10(12)13-14/h3-5,8,13H,6,12H2,1-2H3. The minimum Gasteiger partial charge on any atom is -0.466 e. The smallest absolute Gasteiger partial charge is 0.251 e. The Bertz CT molecular complexity index is 436. The average molecular weight is 221 g/mol. The number of furan rings is 1. The first kappa shape index (κ1) is 10.6. The van der Waals surface area contributed by atoms with Crippen LogP contribution in [0, 0.1) is 6.92 Å². The molecule has 0 aromatic carbocycles. The lowest BCUT2D eigenvalue weighted by Gasteiger charge is -2.20. The van der Waals surface area contributed by atoms with E-state index in [2.05, 4.69) is 5.43 Å². The number of nitrogens with two attached hydrogens (primary N) is 1. The fourth-order valence-electron chi connectivity index (χ4n) is 1.62. The number of rotatable bonds is 2. The van der Waals surface area contributed by atoms with E-state index < -0.39 is 0 Å². The maximum absolute atomic E-state index is 12.0. The van der Waals surface area contributed by atoms with E-state index in [-0.39, 0.29) is 11.8 Å². The molecule has 1 unspecified atom stereocenters. The van der Waals surface area contributed by atoms with Crippen molar-refractivity contribution in [3.8, 4) is 0 Å². The van der Waals surface area contributed by atoms with Gasteiger partial charge in [-0.15, -0.1) is 0 Å². The third kappa shape index (κ3) is 1.88. The maximum atomic E-state index is 12.0. The molecule has 2 heterocycles. The lowest BCUT2D eigenvalue weighted by Crippen LogP contribution is -2.41. The number of hydrogen-bond acceptors (Lipinski definition) is 4. The van der Waals surface area contributed by atoms with Crippen LogP contribution < -0.4 is 11.2 Å². The normalized spacial score (nSPS) is 16.9. The van der Waals surface area contributed by atoms with Gasteiger partial charge < -0.3 is 10.2 Å². The monoisotopic (exact) mass is 221 g/mol. The number of amides is 1. The molecule has 1 amide bonds. The van der Waals surface area contributed by atoms with Crippen LogP contribution in [0.3, 0.4) is 0 Å². The Morgan fingerprint density at radius 1 is 1.62 bits per heavy atom. The fraction of sp³-hybridized carbons (Fsp3) is 0.364. The number of carbonyl (C=O) groups excluding carboxylic acids is 1.